The van der Waals surface area contributed by atoms with Crippen molar-refractivity contribution in [2.45, 2.75) is 258 Å². The number of hydrogen-bond acceptors (Lipinski definition) is 6. The molecule has 0 N–H and O–H groups in total. The molecule has 0 aromatic rings. The molecule has 0 aromatic carbocycles. The average molecular weight is 931 g/mol. The first-order chi connectivity index (χ1) is 33.0. The van der Waals surface area contributed by atoms with E-state index in [1.165, 1.54) is 89.9 Å². The van der Waals surface area contributed by atoms with Crippen molar-refractivity contribution in [3.63, 3.8) is 0 Å². The molecule has 67 heavy (non-hydrogen) atoms. The summed E-state index contributed by atoms with van der Waals surface area (Å²) in [6.07, 6.45) is 72.5. The fraction of sp³-hybridized carbons (Fsp3) is 0.689. The monoisotopic (exact) mass is 931 g/mol. The van der Waals surface area contributed by atoms with Crippen molar-refractivity contribution in [1.29, 1.82) is 0 Å². The van der Waals surface area contributed by atoms with Crippen molar-refractivity contribution in [1.82, 2.24) is 0 Å². The number of rotatable bonds is 49. The van der Waals surface area contributed by atoms with Gasteiger partial charge in [-0.3, -0.25) is 14.4 Å². The van der Waals surface area contributed by atoms with Gasteiger partial charge in [0, 0.05) is 19.3 Å². The Kier molecular flexibility index (Phi) is 51.9. The third-order valence-corrected chi connectivity index (χ3v) is 11.6. The number of unbranched alkanes of at least 4 members (excludes halogenated alkanes) is 25. The second kappa shape index (κ2) is 54.9. The van der Waals surface area contributed by atoms with Gasteiger partial charge in [0.15, 0.2) is 6.10 Å². The van der Waals surface area contributed by atoms with Crippen molar-refractivity contribution < 1.29 is 28.6 Å². The maximum atomic E-state index is 12.8. The van der Waals surface area contributed by atoms with Crippen LogP contribution in [0.15, 0.2) is 97.2 Å². The molecule has 0 saturated heterocycles. The molecule has 0 radical (unpaired) electrons. The molecule has 1 unspecified atom stereocenters. The average Bonchev–Trinajstić information content (AvgIpc) is 3.33. The smallest absolute Gasteiger partial charge is 0.306 e. The SMILES string of the molecule is CC\C=C/C=C\C=C/C=C\CCCCCCCC(=O)OCC(COC(=O)CCCCCCC/C=C\CCCCCCCCCCC)OC(=O)CCCCCCCC/C=C\C/C=C\C/C=C\CC. The van der Waals surface area contributed by atoms with Gasteiger partial charge in [-0.05, 0) is 96.3 Å². The third-order valence-electron chi connectivity index (χ3n) is 11.6. The molecule has 0 rings (SSSR count). The highest BCUT2D eigenvalue weighted by atomic mass is 16.6. The van der Waals surface area contributed by atoms with E-state index in [1.54, 1.807) is 0 Å². The Morgan fingerprint density at radius 3 is 1.10 bits per heavy atom. The highest BCUT2D eigenvalue weighted by Crippen LogP contribution is 2.14. The summed E-state index contributed by atoms with van der Waals surface area (Å²) in [5.41, 5.74) is 0. The van der Waals surface area contributed by atoms with Gasteiger partial charge in [0.1, 0.15) is 13.2 Å². The molecule has 0 aliphatic heterocycles. The van der Waals surface area contributed by atoms with Crippen LogP contribution >= 0.6 is 0 Å². The van der Waals surface area contributed by atoms with Crippen molar-refractivity contribution in [3.8, 4) is 0 Å². The van der Waals surface area contributed by atoms with E-state index >= 15 is 0 Å². The Labute approximate surface area is 413 Å². The Hall–Kier alpha value is -3.67. The second-order valence-corrected chi connectivity index (χ2v) is 18.2. The molecule has 6 nitrogen and oxygen atoms in total. The number of carbonyl (C=O) groups excluding carboxylic acids is 3. The van der Waals surface area contributed by atoms with Crippen LogP contribution in [0.25, 0.3) is 0 Å². The lowest BCUT2D eigenvalue weighted by molar-refractivity contribution is -0.167. The maximum Gasteiger partial charge on any atom is 0.306 e. The minimum atomic E-state index is -0.799. The van der Waals surface area contributed by atoms with Crippen LogP contribution in [0.3, 0.4) is 0 Å². The van der Waals surface area contributed by atoms with E-state index in [0.29, 0.717) is 19.3 Å². The number of carbonyl (C=O) groups is 3. The van der Waals surface area contributed by atoms with Crippen LogP contribution in [-0.4, -0.2) is 37.2 Å². The van der Waals surface area contributed by atoms with Gasteiger partial charge >= 0.3 is 17.9 Å². The summed E-state index contributed by atoms with van der Waals surface area (Å²) in [5, 5.41) is 0. The maximum absolute atomic E-state index is 12.8. The van der Waals surface area contributed by atoms with Crippen molar-refractivity contribution in [2.24, 2.45) is 0 Å². The zero-order valence-electron chi connectivity index (χ0n) is 43.6. The molecule has 1 atom stereocenters. The van der Waals surface area contributed by atoms with Gasteiger partial charge in [-0.1, -0.05) is 234 Å². The normalized spacial score (nSPS) is 12.8. The molecule has 0 saturated carbocycles. The highest BCUT2D eigenvalue weighted by Gasteiger charge is 2.19. The predicted molar refractivity (Wildman–Crippen MR) is 288 cm³/mol. The van der Waals surface area contributed by atoms with Crippen molar-refractivity contribution in [3.05, 3.63) is 97.2 Å². The molecule has 0 aromatic heterocycles. The zero-order chi connectivity index (χ0) is 48.6. The standard InChI is InChI=1S/C61H102O6/c1-4-7-10-13-16-19-22-25-28-30-31-34-36-39-42-45-48-51-54-60(63)66-57-58(56-65-59(62)53-50-47-44-41-38-35-32-27-24-21-18-15-12-9-6-3)67-61(64)55-52-49-46-43-40-37-33-29-26-23-20-17-14-11-8-5-2/h8-9,11-12,15,17-18,20-21,24,26-27,29,31-32,34,58H,4-7,10,13-14,16,19,22-23,25,28,30,33,35-57H2,1-3H3/b11-8-,12-9-,18-15-,20-17-,24-21-,29-26-,32-27-,34-31-. The minimum Gasteiger partial charge on any atom is -0.462 e. The zero-order valence-corrected chi connectivity index (χ0v) is 43.6. The molecular weight excluding hydrogens is 829 g/mol. The van der Waals surface area contributed by atoms with Gasteiger partial charge in [-0.2, -0.15) is 0 Å². The van der Waals surface area contributed by atoms with Crippen LogP contribution in [-0.2, 0) is 28.6 Å². The van der Waals surface area contributed by atoms with E-state index in [9.17, 15) is 14.4 Å². The van der Waals surface area contributed by atoms with Gasteiger partial charge in [0.25, 0.3) is 0 Å². The largest absolute Gasteiger partial charge is 0.462 e. The Balaban J connectivity index is 4.45. The Morgan fingerprint density at radius 1 is 0.328 bits per heavy atom. The fourth-order valence-electron chi connectivity index (χ4n) is 7.52. The predicted octanol–water partition coefficient (Wildman–Crippen LogP) is 18.5. The molecule has 382 valence electrons. The van der Waals surface area contributed by atoms with Gasteiger partial charge in [0.2, 0.25) is 0 Å². The summed E-state index contributed by atoms with van der Waals surface area (Å²) in [5.74, 6) is -0.939. The van der Waals surface area contributed by atoms with Crippen LogP contribution < -0.4 is 0 Å². The topological polar surface area (TPSA) is 78.9 Å². The van der Waals surface area contributed by atoms with Crippen LogP contribution in [0.2, 0.25) is 0 Å². The Morgan fingerprint density at radius 2 is 0.657 bits per heavy atom. The molecule has 0 fully saturated rings. The van der Waals surface area contributed by atoms with Crippen molar-refractivity contribution >= 4 is 17.9 Å². The van der Waals surface area contributed by atoms with E-state index in [4.69, 9.17) is 14.2 Å². The number of esters is 3. The summed E-state index contributed by atoms with van der Waals surface area (Å²) in [4.78, 5) is 38.1. The molecule has 0 aliphatic rings. The molecule has 6 heteroatoms. The molecule has 0 bridgehead atoms. The molecule has 0 amide bonds. The lowest BCUT2D eigenvalue weighted by Crippen LogP contribution is -2.30. The first-order valence-corrected chi connectivity index (χ1v) is 27.8. The molecular formula is C61H102O6. The summed E-state index contributed by atoms with van der Waals surface area (Å²) < 4.78 is 16.8. The quantitative estimate of drug-likeness (QED) is 0.0199. The second-order valence-electron chi connectivity index (χ2n) is 18.2. The minimum absolute atomic E-state index is 0.0957. The van der Waals surface area contributed by atoms with E-state index in [-0.39, 0.29) is 31.1 Å². The molecule has 0 spiro atoms. The fourth-order valence-corrected chi connectivity index (χ4v) is 7.52. The van der Waals surface area contributed by atoms with E-state index in [0.717, 1.165) is 122 Å². The summed E-state index contributed by atoms with van der Waals surface area (Å²) >= 11 is 0. The first-order valence-electron chi connectivity index (χ1n) is 27.8. The number of allylic oxidation sites excluding steroid dienone is 16. The Bertz CT molecular complexity index is 1350. The van der Waals surface area contributed by atoms with E-state index in [1.807, 2.05) is 18.2 Å². The van der Waals surface area contributed by atoms with Crippen LogP contribution in [0.4, 0.5) is 0 Å². The van der Waals surface area contributed by atoms with Crippen molar-refractivity contribution in [2.75, 3.05) is 13.2 Å². The van der Waals surface area contributed by atoms with Gasteiger partial charge in [-0.25, -0.2) is 0 Å². The summed E-state index contributed by atoms with van der Waals surface area (Å²) in [6, 6.07) is 0. The van der Waals surface area contributed by atoms with Crippen LogP contribution in [0, 0.1) is 0 Å². The first kappa shape index (κ1) is 63.3. The molecule has 0 aliphatic carbocycles. The van der Waals surface area contributed by atoms with Crippen LogP contribution in [0.5, 0.6) is 0 Å². The third kappa shape index (κ3) is 53.2. The van der Waals surface area contributed by atoms with Gasteiger partial charge < -0.3 is 14.2 Å². The highest BCUT2D eigenvalue weighted by molar-refractivity contribution is 5.71. The summed E-state index contributed by atoms with van der Waals surface area (Å²) in [6.45, 7) is 6.36. The number of ether oxygens (including phenoxy) is 3. The number of hydrogen-bond donors (Lipinski definition) is 0. The van der Waals surface area contributed by atoms with E-state index in [2.05, 4.69) is 99.8 Å². The van der Waals surface area contributed by atoms with Gasteiger partial charge in [0.05, 0.1) is 0 Å². The summed E-state index contributed by atoms with van der Waals surface area (Å²) in [7, 11) is 0. The lowest BCUT2D eigenvalue weighted by atomic mass is 10.1. The van der Waals surface area contributed by atoms with E-state index < -0.39 is 6.10 Å². The molecule has 0 heterocycles. The van der Waals surface area contributed by atoms with Gasteiger partial charge in [-0.15, -0.1) is 0 Å². The van der Waals surface area contributed by atoms with Crippen LogP contribution in [0.1, 0.15) is 252 Å². The lowest BCUT2D eigenvalue weighted by Gasteiger charge is -2.18.